The maximum atomic E-state index is 12.5. The maximum absolute atomic E-state index is 12.5. The van der Waals surface area contributed by atoms with E-state index in [1.165, 1.54) is 11.3 Å². The highest BCUT2D eigenvalue weighted by atomic mass is 32.2. The molecule has 1 aliphatic heterocycles. The fourth-order valence-corrected chi connectivity index (χ4v) is 4.47. The van der Waals surface area contributed by atoms with Crippen molar-refractivity contribution in [1.29, 1.82) is 0 Å². The maximum Gasteiger partial charge on any atom is 0.266 e. The lowest BCUT2D eigenvalue weighted by Gasteiger charge is -2.23. The van der Waals surface area contributed by atoms with Gasteiger partial charge in [0.2, 0.25) is 0 Å². The summed E-state index contributed by atoms with van der Waals surface area (Å²) in [6.45, 7) is 0. The zero-order valence-corrected chi connectivity index (χ0v) is 12.1. The molecule has 7 heteroatoms. The van der Waals surface area contributed by atoms with Crippen LogP contribution >= 0.6 is 23.1 Å². The van der Waals surface area contributed by atoms with Crippen molar-refractivity contribution in [3.05, 3.63) is 17.1 Å². The zero-order valence-electron chi connectivity index (χ0n) is 10.5. The number of nitrogen functional groups attached to an aromatic ring is 1. The van der Waals surface area contributed by atoms with E-state index >= 15 is 0 Å². The van der Waals surface area contributed by atoms with Crippen LogP contribution in [0.2, 0.25) is 0 Å². The molecule has 0 saturated carbocycles. The highest BCUT2D eigenvalue weighted by molar-refractivity contribution is 7.99. The molecule has 0 aromatic carbocycles. The topological polar surface area (TPSA) is 72.1 Å². The Morgan fingerprint density at radius 2 is 2.42 bits per heavy atom. The summed E-state index contributed by atoms with van der Waals surface area (Å²) in [6.07, 6.45) is 2.65. The lowest BCUT2D eigenvalue weighted by molar-refractivity contribution is 0.0754. The number of aromatic nitrogens is 2. The van der Waals surface area contributed by atoms with Gasteiger partial charge in [-0.2, -0.15) is 16.9 Å². The Labute approximate surface area is 119 Å². The molecule has 1 atom stereocenters. The summed E-state index contributed by atoms with van der Waals surface area (Å²) in [7, 11) is 1.86. The number of nitrogens with two attached hydrogens (primary N) is 1. The Hall–Kier alpha value is -1.34. The zero-order chi connectivity index (χ0) is 13.4. The number of thioether (sulfide) groups is 1. The van der Waals surface area contributed by atoms with Crippen LogP contribution in [0.1, 0.15) is 16.1 Å². The van der Waals surface area contributed by atoms with Crippen molar-refractivity contribution >= 4 is 44.9 Å². The third kappa shape index (κ3) is 2.17. The van der Waals surface area contributed by atoms with Crippen molar-refractivity contribution in [2.45, 2.75) is 12.5 Å². The molecule has 1 amide bonds. The number of anilines is 1. The second kappa shape index (κ2) is 4.97. The highest BCUT2D eigenvalue weighted by Crippen LogP contribution is 2.33. The lowest BCUT2D eigenvalue weighted by Crippen LogP contribution is -2.36. The number of fused-ring (bicyclic) bond motifs is 1. The van der Waals surface area contributed by atoms with Crippen LogP contribution in [-0.2, 0) is 0 Å². The minimum absolute atomic E-state index is 0.00648. The van der Waals surface area contributed by atoms with E-state index in [-0.39, 0.29) is 5.91 Å². The van der Waals surface area contributed by atoms with Gasteiger partial charge < -0.3 is 10.6 Å². The first-order valence-electron chi connectivity index (χ1n) is 6.03. The summed E-state index contributed by atoms with van der Waals surface area (Å²) in [5, 5.41) is 8.66. The predicted molar refractivity (Wildman–Crippen MR) is 79.7 cm³/mol. The van der Waals surface area contributed by atoms with E-state index in [0.717, 1.165) is 28.1 Å². The fraction of sp³-hybridized carbons (Fsp3) is 0.417. The van der Waals surface area contributed by atoms with Crippen LogP contribution in [0.4, 0.5) is 5.69 Å². The predicted octanol–water partition coefficient (Wildman–Crippen LogP) is 1.85. The van der Waals surface area contributed by atoms with Crippen molar-refractivity contribution < 1.29 is 4.79 Å². The largest absolute Gasteiger partial charge is 0.397 e. The molecule has 100 valence electrons. The second-order valence-electron chi connectivity index (χ2n) is 4.53. The number of hydrogen-bond donors (Lipinski definition) is 1. The van der Waals surface area contributed by atoms with Gasteiger partial charge in [0.25, 0.3) is 5.91 Å². The number of rotatable bonds is 2. The van der Waals surface area contributed by atoms with E-state index in [1.807, 2.05) is 23.7 Å². The van der Waals surface area contributed by atoms with E-state index in [0.29, 0.717) is 16.6 Å². The minimum atomic E-state index is -0.00648. The molecule has 3 rings (SSSR count). The van der Waals surface area contributed by atoms with E-state index < -0.39 is 0 Å². The Bertz CT molecular complexity index is 621. The summed E-state index contributed by atoms with van der Waals surface area (Å²) in [6, 6.07) is 2.12. The fourth-order valence-electron chi connectivity index (χ4n) is 2.19. The molecule has 2 aromatic heterocycles. The summed E-state index contributed by atoms with van der Waals surface area (Å²) in [5.74, 6) is 2.12. The molecule has 19 heavy (non-hydrogen) atoms. The summed E-state index contributed by atoms with van der Waals surface area (Å²) >= 11 is 3.21. The van der Waals surface area contributed by atoms with E-state index in [1.54, 1.807) is 12.3 Å². The molecule has 1 fully saturated rings. The smallest absolute Gasteiger partial charge is 0.266 e. The van der Waals surface area contributed by atoms with Gasteiger partial charge in [0, 0.05) is 24.2 Å². The van der Waals surface area contributed by atoms with Crippen molar-refractivity contribution in [1.82, 2.24) is 15.1 Å². The molecule has 2 aromatic rings. The van der Waals surface area contributed by atoms with E-state index in [9.17, 15) is 4.79 Å². The molecule has 1 aliphatic rings. The molecule has 0 radical (unpaired) electrons. The van der Waals surface area contributed by atoms with Gasteiger partial charge in [-0.15, -0.1) is 16.4 Å². The minimum Gasteiger partial charge on any atom is -0.397 e. The van der Waals surface area contributed by atoms with Crippen LogP contribution in [-0.4, -0.2) is 45.6 Å². The third-order valence-corrected chi connectivity index (χ3v) is 5.63. The van der Waals surface area contributed by atoms with Crippen molar-refractivity contribution in [2.75, 3.05) is 24.3 Å². The molecule has 0 bridgehead atoms. The number of nitrogens with zero attached hydrogens (tertiary/aromatic N) is 3. The highest BCUT2D eigenvalue weighted by Gasteiger charge is 2.27. The van der Waals surface area contributed by atoms with Crippen LogP contribution in [0.25, 0.3) is 10.2 Å². The summed E-state index contributed by atoms with van der Waals surface area (Å²) < 4.78 is 0. The Balaban J connectivity index is 1.94. The van der Waals surface area contributed by atoms with Gasteiger partial charge in [0.1, 0.15) is 9.71 Å². The second-order valence-corrected chi connectivity index (χ2v) is 6.68. The molecular weight excluding hydrogens is 280 g/mol. The molecule has 1 unspecified atom stereocenters. The number of carbonyl (C=O) groups is 1. The molecule has 0 aliphatic carbocycles. The first kappa shape index (κ1) is 12.7. The average molecular weight is 294 g/mol. The first-order valence-corrected chi connectivity index (χ1v) is 8.00. The Kier molecular flexibility index (Phi) is 3.32. The summed E-state index contributed by atoms with van der Waals surface area (Å²) in [4.78, 5) is 15.6. The van der Waals surface area contributed by atoms with Gasteiger partial charge in [0.15, 0.2) is 0 Å². The normalized spacial score (nSPS) is 18.9. The van der Waals surface area contributed by atoms with Crippen molar-refractivity contribution in [2.24, 2.45) is 0 Å². The van der Waals surface area contributed by atoms with Crippen LogP contribution in [0.15, 0.2) is 12.3 Å². The number of amides is 1. The lowest BCUT2D eigenvalue weighted by atomic mass is 10.2. The van der Waals surface area contributed by atoms with Gasteiger partial charge in [-0.25, -0.2) is 0 Å². The molecule has 2 N–H and O–H groups in total. The van der Waals surface area contributed by atoms with Crippen LogP contribution in [0.5, 0.6) is 0 Å². The Morgan fingerprint density at radius 1 is 1.58 bits per heavy atom. The van der Waals surface area contributed by atoms with Crippen LogP contribution in [0.3, 0.4) is 0 Å². The number of thiophene rings is 1. The quantitative estimate of drug-likeness (QED) is 0.915. The first-order chi connectivity index (χ1) is 9.18. The van der Waals surface area contributed by atoms with E-state index in [4.69, 9.17) is 5.73 Å². The van der Waals surface area contributed by atoms with Gasteiger partial charge in [-0.3, -0.25) is 4.79 Å². The van der Waals surface area contributed by atoms with Gasteiger partial charge in [0.05, 0.1) is 11.9 Å². The van der Waals surface area contributed by atoms with E-state index in [2.05, 4.69) is 10.2 Å². The summed E-state index contributed by atoms with van der Waals surface area (Å²) in [5.41, 5.74) is 6.59. The Morgan fingerprint density at radius 3 is 3.11 bits per heavy atom. The van der Waals surface area contributed by atoms with Gasteiger partial charge in [-0.1, -0.05) is 0 Å². The van der Waals surface area contributed by atoms with Gasteiger partial charge >= 0.3 is 0 Å². The molecule has 3 heterocycles. The monoisotopic (exact) mass is 294 g/mol. The number of carbonyl (C=O) groups excluding carboxylic acids is 1. The van der Waals surface area contributed by atoms with Crippen molar-refractivity contribution in [3.8, 4) is 0 Å². The molecule has 0 spiro atoms. The molecular formula is C12H14N4OS2. The van der Waals surface area contributed by atoms with Crippen molar-refractivity contribution in [3.63, 3.8) is 0 Å². The third-order valence-electron chi connectivity index (χ3n) is 3.39. The number of hydrogen-bond acceptors (Lipinski definition) is 6. The SMILES string of the molecule is CN(C(=O)c1sc2nnccc2c1N)C1CCSC1. The molecule has 5 nitrogen and oxygen atoms in total. The molecule has 1 saturated heterocycles. The standard InChI is InChI=1S/C12H14N4OS2/c1-16(7-3-5-18-6-7)12(17)10-9(13)8-2-4-14-15-11(8)19-10/h2,4,7H,3,5-6,13H2,1H3. The average Bonchev–Trinajstić information content (AvgIpc) is 3.06. The van der Waals surface area contributed by atoms with Crippen LogP contribution in [0, 0.1) is 0 Å². The van der Waals surface area contributed by atoms with Crippen LogP contribution < -0.4 is 5.73 Å². The van der Waals surface area contributed by atoms with Gasteiger partial charge in [-0.05, 0) is 18.2 Å².